The topological polar surface area (TPSA) is 26.3 Å². The fraction of sp³-hybridized carbons (Fsp3) is 0.696. The molecule has 1 rings (SSSR count). The number of ether oxygens (including phenoxy) is 1. The minimum Gasteiger partial charge on any atom is -1.00 e. The number of hydrogen-bond donors (Lipinski definition) is 0. The number of benzene rings is 1. The van der Waals surface area contributed by atoms with Crippen molar-refractivity contribution in [3.63, 3.8) is 0 Å². The highest BCUT2D eigenvalue weighted by Gasteiger charge is 2.16. The Kier molecular flexibility index (Phi) is 15.6. The summed E-state index contributed by atoms with van der Waals surface area (Å²) in [4.78, 5) is 11.9. The number of carbonyl (C=O) groups excluding carboxylic acids is 1. The fourth-order valence-corrected chi connectivity index (χ4v) is 3.22. The molecule has 0 aromatic heterocycles. The van der Waals surface area contributed by atoms with Crippen molar-refractivity contribution in [2.75, 3.05) is 27.2 Å². The van der Waals surface area contributed by atoms with Crippen molar-refractivity contribution in [1.82, 2.24) is 0 Å². The van der Waals surface area contributed by atoms with Gasteiger partial charge >= 0.3 is 5.97 Å². The number of carbonyl (C=O) groups is 1. The lowest BCUT2D eigenvalue weighted by Crippen LogP contribution is -3.00. The predicted molar refractivity (Wildman–Crippen MR) is 110 cm³/mol. The Morgan fingerprint density at radius 1 is 0.889 bits per heavy atom. The summed E-state index contributed by atoms with van der Waals surface area (Å²) in [6.45, 7) is 4.56. The average Bonchev–Trinajstić information content (AvgIpc) is 2.60. The van der Waals surface area contributed by atoms with Crippen LogP contribution in [0.1, 0.15) is 76.7 Å². The van der Waals surface area contributed by atoms with Crippen LogP contribution in [0.5, 0.6) is 0 Å². The van der Waals surface area contributed by atoms with E-state index in [1.54, 1.807) is 0 Å². The molecule has 0 amide bonds. The van der Waals surface area contributed by atoms with Gasteiger partial charge in [0.15, 0.2) is 0 Å². The van der Waals surface area contributed by atoms with Crippen LogP contribution in [0.4, 0.5) is 0 Å². The second kappa shape index (κ2) is 16.1. The standard InChI is InChI=1S/C23H40NO2.BrH/c1-4-5-6-7-8-9-10-11-15-18-23(25)26-20-19-24(2,3)21-22-16-13-12-14-17-22;/h12-14,16-17H,4-11,15,18-21H2,1-3H3;1H/q+1;/p-1. The van der Waals surface area contributed by atoms with Gasteiger partial charge < -0.3 is 26.2 Å². The molecule has 27 heavy (non-hydrogen) atoms. The van der Waals surface area contributed by atoms with Crippen molar-refractivity contribution in [3.05, 3.63) is 35.9 Å². The molecule has 0 atom stereocenters. The van der Waals surface area contributed by atoms with Crippen molar-refractivity contribution >= 4 is 5.97 Å². The van der Waals surface area contributed by atoms with Gasteiger partial charge in [-0.3, -0.25) is 4.79 Å². The summed E-state index contributed by atoms with van der Waals surface area (Å²) in [6, 6.07) is 10.5. The quantitative estimate of drug-likeness (QED) is 0.237. The molecule has 0 spiro atoms. The first-order chi connectivity index (χ1) is 12.5. The molecule has 156 valence electrons. The zero-order valence-electron chi connectivity index (χ0n) is 17.7. The molecule has 3 nitrogen and oxygen atoms in total. The van der Waals surface area contributed by atoms with Gasteiger partial charge in [0.05, 0.1) is 14.1 Å². The summed E-state index contributed by atoms with van der Waals surface area (Å²) in [5, 5.41) is 0. The van der Waals surface area contributed by atoms with Gasteiger partial charge in [0, 0.05) is 12.0 Å². The number of unbranched alkanes of at least 4 members (excludes halogenated alkanes) is 8. The van der Waals surface area contributed by atoms with Crippen LogP contribution in [0.2, 0.25) is 0 Å². The molecule has 0 aliphatic carbocycles. The molecule has 4 heteroatoms. The highest BCUT2D eigenvalue weighted by Crippen LogP contribution is 2.11. The molecule has 1 aromatic carbocycles. The summed E-state index contributed by atoms with van der Waals surface area (Å²) < 4.78 is 6.26. The lowest BCUT2D eigenvalue weighted by atomic mass is 10.1. The van der Waals surface area contributed by atoms with Crippen molar-refractivity contribution in [1.29, 1.82) is 0 Å². The van der Waals surface area contributed by atoms with E-state index in [-0.39, 0.29) is 23.0 Å². The Bertz CT molecular complexity index is 477. The summed E-state index contributed by atoms with van der Waals surface area (Å²) in [5.41, 5.74) is 1.32. The largest absolute Gasteiger partial charge is 1.00 e. The maximum absolute atomic E-state index is 11.9. The van der Waals surface area contributed by atoms with Crippen LogP contribution in [0.15, 0.2) is 30.3 Å². The van der Waals surface area contributed by atoms with E-state index in [2.05, 4.69) is 45.3 Å². The number of nitrogens with zero attached hydrogens (tertiary/aromatic N) is 1. The Morgan fingerprint density at radius 2 is 1.44 bits per heavy atom. The van der Waals surface area contributed by atoms with Crippen molar-refractivity contribution in [3.8, 4) is 0 Å². The summed E-state index contributed by atoms with van der Waals surface area (Å²) in [5.74, 6) is -0.0346. The van der Waals surface area contributed by atoms with Gasteiger partial charge in [-0.05, 0) is 6.42 Å². The highest BCUT2D eigenvalue weighted by molar-refractivity contribution is 5.69. The second-order valence-corrected chi connectivity index (χ2v) is 8.10. The van der Waals surface area contributed by atoms with E-state index in [0.29, 0.717) is 13.0 Å². The maximum Gasteiger partial charge on any atom is 0.305 e. The number of likely N-dealkylation sites (N-methyl/N-ethyl adjacent to an activating group) is 1. The Balaban J connectivity index is 0.00000676. The van der Waals surface area contributed by atoms with Gasteiger partial charge in [-0.2, -0.15) is 0 Å². The van der Waals surface area contributed by atoms with Crippen LogP contribution in [0, 0.1) is 0 Å². The highest BCUT2D eigenvalue weighted by atomic mass is 79.9. The SMILES string of the molecule is CCCCCCCCCCCC(=O)OCC[N+](C)(C)Cc1ccccc1.[Br-]. The Hall–Kier alpha value is -0.870. The van der Waals surface area contributed by atoms with E-state index in [9.17, 15) is 4.79 Å². The molecule has 0 radical (unpaired) electrons. The monoisotopic (exact) mass is 441 g/mol. The van der Waals surface area contributed by atoms with Crippen LogP contribution in [0.3, 0.4) is 0 Å². The van der Waals surface area contributed by atoms with Gasteiger partial charge in [0.2, 0.25) is 0 Å². The van der Waals surface area contributed by atoms with E-state index >= 15 is 0 Å². The molecule has 0 N–H and O–H groups in total. The van der Waals surface area contributed by atoms with Crippen LogP contribution in [-0.4, -0.2) is 37.7 Å². The second-order valence-electron chi connectivity index (χ2n) is 8.10. The van der Waals surface area contributed by atoms with E-state index in [1.165, 1.54) is 50.5 Å². The zero-order chi connectivity index (χ0) is 19.1. The molecule has 1 aromatic rings. The number of hydrogen-bond acceptors (Lipinski definition) is 2. The summed E-state index contributed by atoms with van der Waals surface area (Å²) >= 11 is 0. The molecule has 0 fully saturated rings. The maximum atomic E-state index is 11.9. The third-order valence-corrected chi connectivity index (χ3v) is 4.90. The smallest absolute Gasteiger partial charge is 0.305 e. The lowest BCUT2D eigenvalue weighted by Gasteiger charge is -2.29. The van der Waals surface area contributed by atoms with Gasteiger partial charge in [-0.25, -0.2) is 0 Å². The van der Waals surface area contributed by atoms with Gasteiger partial charge in [-0.1, -0.05) is 88.6 Å². The molecule has 0 saturated heterocycles. The molecular formula is C23H40BrNO2. The van der Waals surface area contributed by atoms with Gasteiger partial charge in [0.25, 0.3) is 0 Å². The molecule has 0 unspecified atom stereocenters. The average molecular weight is 442 g/mol. The number of esters is 1. The van der Waals surface area contributed by atoms with Crippen molar-refractivity contribution < 1.29 is 31.0 Å². The fourth-order valence-electron chi connectivity index (χ4n) is 3.22. The minimum atomic E-state index is -0.0346. The van der Waals surface area contributed by atoms with E-state index in [4.69, 9.17) is 4.74 Å². The third kappa shape index (κ3) is 14.8. The molecule has 0 heterocycles. The summed E-state index contributed by atoms with van der Waals surface area (Å²) in [6.07, 6.45) is 12.0. The number of quaternary nitrogens is 1. The van der Waals surface area contributed by atoms with E-state index in [1.807, 2.05) is 6.07 Å². The van der Waals surface area contributed by atoms with Crippen LogP contribution in [-0.2, 0) is 16.1 Å². The Morgan fingerprint density at radius 3 is 2.04 bits per heavy atom. The van der Waals surface area contributed by atoms with Crippen molar-refractivity contribution in [2.24, 2.45) is 0 Å². The number of rotatable bonds is 15. The molecule has 0 aliphatic heterocycles. The first-order valence-corrected chi connectivity index (χ1v) is 10.5. The van der Waals surface area contributed by atoms with Crippen molar-refractivity contribution in [2.45, 2.75) is 77.7 Å². The molecule has 0 aliphatic rings. The summed E-state index contributed by atoms with van der Waals surface area (Å²) in [7, 11) is 4.36. The normalized spacial score (nSPS) is 11.1. The first kappa shape index (κ1) is 26.1. The zero-order valence-corrected chi connectivity index (χ0v) is 19.3. The van der Waals surface area contributed by atoms with E-state index in [0.717, 1.165) is 30.4 Å². The minimum absolute atomic E-state index is 0. The molecule has 0 bridgehead atoms. The lowest BCUT2D eigenvalue weighted by molar-refractivity contribution is -0.903. The molecule has 0 saturated carbocycles. The van der Waals surface area contributed by atoms with Gasteiger partial charge in [-0.15, -0.1) is 0 Å². The number of halogens is 1. The van der Waals surface area contributed by atoms with Crippen LogP contribution in [0.25, 0.3) is 0 Å². The van der Waals surface area contributed by atoms with E-state index < -0.39 is 0 Å². The Labute approximate surface area is 177 Å². The first-order valence-electron chi connectivity index (χ1n) is 10.5. The third-order valence-electron chi connectivity index (χ3n) is 4.90. The predicted octanol–water partition coefficient (Wildman–Crippen LogP) is 2.73. The van der Waals surface area contributed by atoms with Crippen LogP contribution >= 0.6 is 0 Å². The molecular weight excluding hydrogens is 402 g/mol. The van der Waals surface area contributed by atoms with Crippen LogP contribution < -0.4 is 17.0 Å². The van der Waals surface area contributed by atoms with Gasteiger partial charge in [0.1, 0.15) is 19.7 Å².